The van der Waals surface area contributed by atoms with Gasteiger partial charge in [0.25, 0.3) is 0 Å². The maximum absolute atomic E-state index is 11.2. The number of hydrogen-bond donors (Lipinski definition) is 1. The van der Waals surface area contributed by atoms with Gasteiger partial charge < -0.3 is 5.11 Å². The van der Waals surface area contributed by atoms with Gasteiger partial charge in [0.2, 0.25) is 0 Å². The highest BCUT2D eigenvalue weighted by atomic mass is 32.2. The second-order valence-electron chi connectivity index (χ2n) is 3.72. The Bertz CT molecular complexity index is 463. The number of terminal acetylenes is 1. The number of thioether (sulfide) groups is 1. The largest absolute Gasteiger partial charge is 0.478 e. The van der Waals surface area contributed by atoms with Gasteiger partial charge in [-0.3, -0.25) is 0 Å². The summed E-state index contributed by atoms with van der Waals surface area (Å²) in [6.45, 7) is 3.66. The van der Waals surface area contributed by atoms with Gasteiger partial charge in [0, 0.05) is 17.9 Å². The smallest absolute Gasteiger partial charge is 0.338 e. The highest BCUT2D eigenvalue weighted by Crippen LogP contribution is 2.25. The van der Waals surface area contributed by atoms with Crippen LogP contribution in [0.4, 0.5) is 0 Å². The van der Waals surface area contributed by atoms with Crippen LogP contribution in [0.15, 0.2) is 11.1 Å². The van der Waals surface area contributed by atoms with E-state index in [2.05, 4.69) is 10.9 Å². The number of aromatic nitrogens is 1. The average Bonchev–Trinajstić information content (AvgIpc) is 2.22. The third kappa shape index (κ3) is 3.79. The van der Waals surface area contributed by atoms with Crippen molar-refractivity contribution in [3.8, 4) is 12.3 Å². The van der Waals surface area contributed by atoms with Crippen LogP contribution < -0.4 is 0 Å². The molecule has 1 N–H and O–H groups in total. The van der Waals surface area contributed by atoms with Gasteiger partial charge in [-0.2, -0.15) is 0 Å². The van der Waals surface area contributed by atoms with E-state index in [4.69, 9.17) is 11.5 Å². The summed E-state index contributed by atoms with van der Waals surface area (Å²) in [4.78, 5) is 15.4. The van der Waals surface area contributed by atoms with Crippen molar-refractivity contribution in [3.05, 3.63) is 22.9 Å². The van der Waals surface area contributed by atoms with Gasteiger partial charge in [-0.05, 0) is 31.9 Å². The molecule has 1 aromatic rings. The molecule has 1 heterocycles. The minimum atomic E-state index is -0.922. The van der Waals surface area contributed by atoms with E-state index in [1.54, 1.807) is 13.0 Å². The number of aromatic carboxylic acids is 1. The van der Waals surface area contributed by atoms with Crippen molar-refractivity contribution in [2.75, 3.05) is 5.75 Å². The number of carboxylic acids is 1. The normalized spacial score (nSPS) is 9.94. The Morgan fingerprint density at radius 1 is 1.59 bits per heavy atom. The third-order valence-corrected chi connectivity index (χ3v) is 3.29. The molecular weight excluding hydrogens is 234 g/mol. The van der Waals surface area contributed by atoms with E-state index < -0.39 is 5.97 Å². The Morgan fingerprint density at radius 2 is 2.29 bits per heavy atom. The van der Waals surface area contributed by atoms with Crippen LogP contribution in [0.25, 0.3) is 0 Å². The summed E-state index contributed by atoms with van der Waals surface area (Å²) in [5.41, 5.74) is 1.90. The van der Waals surface area contributed by atoms with Gasteiger partial charge >= 0.3 is 5.97 Å². The van der Waals surface area contributed by atoms with Gasteiger partial charge in [0.15, 0.2) is 0 Å². The molecule has 0 aliphatic carbocycles. The van der Waals surface area contributed by atoms with Crippen LogP contribution >= 0.6 is 11.8 Å². The molecule has 0 bridgehead atoms. The van der Waals surface area contributed by atoms with Crippen molar-refractivity contribution in [1.82, 2.24) is 4.98 Å². The van der Waals surface area contributed by atoms with Gasteiger partial charge in [-0.1, -0.05) is 0 Å². The molecule has 0 aliphatic heterocycles. The summed E-state index contributed by atoms with van der Waals surface area (Å²) in [7, 11) is 0. The molecule has 3 nitrogen and oxygen atoms in total. The monoisotopic (exact) mass is 249 g/mol. The maximum Gasteiger partial charge on any atom is 0.338 e. The summed E-state index contributed by atoms with van der Waals surface area (Å²) >= 11 is 1.46. The molecule has 0 unspecified atom stereocenters. The van der Waals surface area contributed by atoms with Crippen LogP contribution in [0, 0.1) is 26.2 Å². The Balaban J connectivity index is 2.89. The molecule has 0 amide bonds. The first-order chi connectivity index (χ1) is 8.06. The highest BCUT2D eigenvalue weighted by molar-refractivity contribution is 7.99. The lowest BCUT2D eigenvalue weighted by Crippen LogP contribution is -2.05. The first kappa shape index (κ1) is 13.6. The van der Waals surface area contributed by atoms with Crippen LogP contribution in [0.3, 0.4) is 0 Å². The SMILES string of the molecule is C#CCCCSc1nc(C)cc(C)c1C(=O)O. The molecule has 0 saturated carbocycles. The zero-order valence-corrected chi connectivity index (χ0v) is 10.8. The molecule has 1 aromatic heterocycles. The van der Waals surface area contributed by atoms with E-state index in [1.165, 1.54) is 11.8 Å². The van der Waals surface area contributed by atoms with Crippen molar-refractivity contribution in [3.63, 3.8) is 0 Å². The summed E-state index contributed by atoms with van der Waals surface area (Å²) in [6, 6.07) is 1.79. The standard InChI is InChI=1S/C13H15NO2S/c1-4-5-6-7-17-12-11(13(15)16)9(2)8-10(3)14-12/h1,8H,5-7H2,2-3H3,(H,15,16). The second-order valence-corrected chi connectivity index (χ2v) is 4.81. The van der Waals surface area contributed by atoms with Gasteiger partial charge in [0.1, 0.15) is 5.03 Å². The Kier molecular flexibility index (Phi) is 5.05. The van der Waals surface area contributed by atoms with Gasteiger partial charge in [0.05, 0.1) is 5.56 Å². The zero-order valence-electron chi connectivity index (χ0n) is 9.99. The van der Waals surface area contributed by atoms with Gasteiger partial charge in [-0.15, -0.1) is 24.1 Å². The van der Waals surface area contributed by atoms with Crippen molar-refractivity contribution in [2.45, 2.75) is 31.7 Å². The summed E-state index contributed by atoms with van der Waals surface area (Å²) in [6.07, 6.45) is 6.74. The molecule has 17 heavy (non-hydrogen) atoms. The van der Waals surface area contributed by atoms with Crippen LogP contribution in [0.1, 0.15) is 34.5 Å². The predicted octanol–water partition coefficient (Wildman–Crippen LogP) is 2.90. The topological polar surface area (TPSA) is 50.2 Å². The minimum Gasteiger partial charge on any atom is -0.478 e. The fourth-order valence-electron chi connectivity index (χ4n) is 1.51. The van der Waals surface area contributed by atoms with Crippen LogP contribution in [0.5, 0.6) is 0 Å². The lowest BCUT2D eigenvalue weighted by atomic mass is 10.1. The average molecular weight is 249 g/mol. The molecule has 1 rings (SSSR count). The Morgan fingerprint density at radius 3 is 2.88 bits per heavy atom. The molecular formula is C13H15NO2S. The number of pyridine rings is 1. The quantitative estimate of drug-likeness (QED) is 0.495. The van der Waals surface area contributed by atoms with Crippen LogP contribution in [0.2, 0.25) is 0 Å². The molecule has 0 saturated heterocycles. The number of carbonyl (C=O) groups is 1. The first-order valence-corrected chi connectivity index (χ1v) is 6.32. The zero-order chi connectivity index (χ0) is 12.8. The summed E-state index contributed by atoms with van der Waals surface area (Å²) in [5, 5.41) is 9.74. The van der Waals surface area contributed by atoms with Crippen molar-refractivity contribution in [2.24, 2.45) is 0 Å². The van der Waals surface area contributed by atoms with Gasteiger partial charge in [-0.25, -0.2) is 9.78 Å². The lowest BCUT2D eigenvalue weighted by Gasteiger charge is -2.08. The number of carboxylic acid groups (broad SMARTS) is 1. The van der Waals surface area contributed by atoms with Crippen molar-refractivity contribution >= 4 is 17.7 Å². The van der Waals surface area contributed by atoms with Crippen LogP contribution in [-0.2, 0) is 0 Å². The van der Waals surface area contributed by atoms with E-state index >= 15 is 0 Å². The molecule has 90 valence electrons. The first-order valence-electron chi connectivity index (χ1n) is 5.34. The minimum absolute atomic E-state index is 0.307. The number of hydrogen-bond acceptors (Lipinski definition) is 3. The van der Waals surface area contributed by atoms with Crippen molar-refractivity contribution < 1.29 is 9.90 Å². The molecule has 0 aromatic carbocycles. The summed E-state index contributed by atoms with van der Waals surface area (Å²) < 4.78 is 0. The third-order valence-electron chi connectivity index (χ3n) is 2.23. The van der Waals surface area contributed by atoms with E-state index in [-0.39, 0.29) is 0 Å². The second kappa shape index (κ2) is 6.31. The number of nitrogens with zero attached hydrogens (tertiary/aromatic N) is 1. The fraction of sp³-hybridized carbons (Fsp3) is 0.385. The number of unbranched alkanes of at least 4 members (excludes halogenated alkanes) is 1. The molecule has 0 aliphatic rings. The number of rotatable bonds is 5. The Labute approximate surface area is 106 Å². The predicted molar refractivity (Wildman–Crippen MR) is 69.5 cm³/mol. The van der Waals surface area contributed by atoms with E-state index in [0.29, 0.717) is 17.0 Å². The molecule has 0 radical (unpaired) electrons. The summed E-state index contributed by atoms with van der Waals surface area (Å²) in [5.74, 6) is 2.43. The van der Waals surface area contributed by atoms with E-state index in [1.807, 2.05) is 6.92 Å². The fourth-order valence-corrected chi connectivity index (χ4v) is 2.59. The van der Waals surface area contributed by atoms with E-state index in [9.17, 15) is 4.79 Å². The molecule has 0 spiro atoms. The lowest BCUT2D eigenvalue weighted by molar-refractivity contribution is 0.0691. The van der Waals surface area contributed by atoms with E-state index in [0.717, 1.165) is 23.4 Å². The number of aryl methyl sites for hydroxylation is 2. The molecule has 0 atom stereocenters. The highest BCUT2D eigenvalue weighted by Gasteiger charge is 2.15. The van der Waals surface area contributed by atoms with Crippen LogP contribution in [-0.4, -0.2) is 21.8 Å². The Hall–Kier alpha value is -1.47. The maximum atomic E-state index is 11.2. The van der Waals surface area contributed by atoms with Crippen molar-refractivity contribution in [1.29, 1.82) is 0 Å². The molecule has 0 fully saturated rings. The molecule has 4 heteroatoms.